The number of thiocarbonyl (C=S) groups is 1. The van der Waals surface area contributed by atoms with E-state index in [1.165, 1.54) is 16.7 Å². The van der Waals surface area contributed by atoms with Gasteiger partial charge in [-0.2, -0.15) is 0 Å². The second-order valence-corrected chi connectivity index (χ2v) is 8.68. The molecule has 3 rings (SSSR count). The predicted molar refractivity (Wildman–Crippen MR) is 125 cm³/mol. The minimum Gasteiger partial charge on any atom is -0.496 e. The van der Waals surface area contributed by atoms with Gasteiger partial charge in [0.05, 0.1) is 12.0 Å². The molecule has 1 N–H and O–H groups in total. The molecule has 31 heavy (non-hydrogen) atoms. The summed E-state index contributed by atoms with van der Waals surface area (Å²) in [6, 6.07) is 13.4. The van der Waals surface area contributed by atoms with Gasteiger partial charge >= 0.3 is 5.97 Å². The number of thioether (sulfide) groups is 1. The van der Waals surface area contributed by atoms with Crippen LogP contribution in [0.3, 0.4) is 0 Å². The number of hydrogen-bond acceptors (Lipinski definition) is 6. The highest BCUT2D eigenvalue weighted by Crippen LogP contribution is 2.33. The highest BCUT2D eigenvalue weighted by Gasteiger charge is 2.31. The maximum absolute atomic E-state index is 12.7. The largest absolute Gasteiger partial charge is 0.496 e. The van der Waals surface area contributed by atoms with E-state index in [0.29, 0.717) is 34.5 Å². The monoisotopic (exact) mass is 457 g/mol. The quantitative estimate of drug-likeness (QED) is 0.434. The average molecular weight is 458 g/mol. The second-order valence-electron chi connectivity index (χ2n) is 7.00. The average Bonchev–Trinajstić information content (AvgIpc) is 3.00. The zero-order chi connectivity index (χ0) is 22.4. The van der Waals surface area contributed by atoms with Gasteiger partial charge < -0.3 is 14.6 Å². The number of carbonyl (C=O) groups is 2. The van der Waals surface area contributed by atoms with Gasteiger partial charge in [0.2, 0.25) is 0 Å². The Kier molecular flexibility index (Phi) is 7.70. The molecule has 0 aliphatic carbocycles. The Morgan fingerprint density at radius 2 is 1.97 bits per heavy atom. The van der Waals surface area contributed by atoms with Crippen LogP contribution in [0.4, 0.5) is 0 Å². The van der Waals surface area contributed by atoms with E-state index >= 15 is 0 Å². The lowest BCUT2D eigenvalue weighted by atomic mass is 10.1. The van der Waals surface area contributed by atoms with E-state index < -0.39 is 5.97 Å². The van der Waals surface area contributed by atoms with Crippen molar-refractivity contribution >= 4 is 46.3 Å². The molecule has 1 saturated heterocycles. The number of hydrogen-bond donors (Lipinski definition) is 1. The zero-order valence-electron chi connectivity index (χ0n) is 17.3. The SMILES string of the molecule is COc1ccc(C=C2SC(=S)N(CCCC(=O)O)C2=O)cc1COc1ccc(C)cc1. The molecule has 0 saturated carbocycles. The molecule has 0 bridgehead atoms. The number of methoxy groups -OCH3 is 1. The van der Waals surface area contributed by atoms with Gasteiger partial charge in [-0.25, -0.2) is 0 Å². The molecule has 1 fully saturated rings. The molecule has 0 atom stereocenters. The maximum Gasteiger partial charge on any atom is 0.303 e. The third kappa shape index (κ3) is 6.08. The van der Waals surface area contributed by atoms with Crippen molar-refractivity contribution in [3.8, 4) is 11.5 Å². The van der Waals surface area contributed by atoms with E-state index in [1.54, 1.807) is 13.2 Å². The van der Waals surface area contributed by atoms with Crippen molar-refractivity contribution in [2.75, 3.05) is 13.7 Å². The van der Waals surface area contributed by atoms with Gasteiger partial charge in [0.25, 0.3) is 5.91 Å². The molecule has 162 valence electrons. The van der Waals surface area contributed by atoms with E-state index in [9.17, 15) is 9.59 Å². The molecule has 0 spiro atoms. The van der Waals surface area contributed by atoms with Gasteiger partial charge in [-0.15, -0.1) is 0 Å². The number of ether oxygens (including phenoxy) is 2. The Morgan fingerprint density at radius 3 is 2.65 bits per heavy atom. The molecule has 0 unspecified atom stereocenters. The van der Waals surface area contributed by atoms with E-state index in [0.717, 1.165) is 22.4 Å². The van der Waals surface area contributed by atoms with Crippen LogP contribution in [0, 0.1) is 6.92 Å². The number of nitrogens with zero attached hydrogens (tertiary/aromatic N) is 1. The third-order valence-corrected chi connectivity index (χ3v) is 6.04. The van der Waals surface area contributed by atoms with Crippen LogP contribution in [0.15, 0.2) is 47.4 Å². The summed E-state index contributed by atoms with van der Waals surface area (Å²) in [4.78, 5) is 25.4. The number of carboxylic acids is 1. The number of benzene rings is 2. The van der Waals surface area contributed by atoms with Gasteiger partial charge in [-0.05, 0) is 49.2 Å². The van der Waals surface area contributed by atoms with Crippen LogP contribution in [-0.2, 0) is 16.2 Å². The molecular formula is C23H23NO5S2. The van der Waals surface area contributed by atoms with Crippen LogP contribution >= 0.6 is 24.0 Å². The molecule has 2 aromatic carbocycles. The Morgan fingerprint density at radius 1 is 1.23 bits per heavy atom. The molecule has 1 aliphatic heterocycles. The first-order valence-corrected chi connectivity index (χ1v) is 10.9. The lowest BCUT2D eigenvalue weighted by Crippen LogP contribution is -2.29. The zero-order valence-corrected chi connectivity index (χ0v) is 18.9. The van der Waals surface area contributed by atoms with E-state index in [-0.39, 0.29) is 12.3 Å². The maximum atomic E-state index is 12.7. The smallest absolute Gasteiger partial charge is 0.303 e. The molecule has 0 radical (unpaired) electrons. The summed E-state index contributed by atoms with van der Waals surface area (Å²) in [5.74, 6) is 0.374. The van der Waals surface area contributed by atoms with Crippen LogP contribution < -0.4 is 9.47 Å². The Labute approximate surface area is 190 Å². The van der Waals surface area contributed by atoms with E-state index in [1.807, 2.05) is 49.4 Å². The summed E-state index contributed by atoms with van der Waals surface area (Å²) in [5.41, 5.74) is 2.84. The fourth-order valence-electron chi connectivity index (χ4n) is 3.03. The summed E-state index contributed by atoms with van der Waals surface area (Å²) in [6.07, 6.45) is 2.14. The molecule has 1 amide bonds. The van der Waals surface area contributed by atoms with Crippen LogP contribution in [-0.4, -0.2) is 39.9 Å². The molecule has 2 aromatic rings. The number of amides is 1. The fourth-order valence-corrected chi connectivity index (χ4v) is 4.34. The molecule has 6 nitrogen and oxygen atoms in total. The molecular weight excluding hydrogens is 434 g/mol. The fraction of sp³-hybridized carbons (Fsp3) is 0.261. The Bertz CT molecular complexity index is 1020. The number of rotatable bonds is 9. The van der Waals surface area contributed by atoms with Crippen molar-refractivity contribution in [1.29, 1.82) is 0 Å². The van der Waals surface area contributed by atoms with Crippen molar-refractivity contribution in [2.45, 2.75) is 26.4 Å². The molecule has 1 aliphatic rings. The first-order valence-electron chi connectivity index (χ1n) is 9.71. The van der Waals surface area contributed by atoms with Crippen LogP contribution in [0.25, 0.3) is 6.08 Å². The lowest BCUT2D eigenvalue weighted by Gasteiger charge is -2.13. The van der Waals surface area contributed by atoms with Gasteiger partial charge in [0.15, 0.2) is 0 Å². The second kappa shape index (κ2) is 10.5. The standard InChI is InChI=1S/C23H23NO5S2/c1-15-5-8-18(9-6-15)29-14-17-12-16(7-10-19(17)28-2)13-20-22(27)24(23(30)31-20)11-3-4-21(25)26/h5-10,12-13H,3-4,11,14H2,1-2H3,(H,25,26). The molecule has 8 heteroatoms. The summed E-state index contributed by atoms with van der Waals surface area (Å²) in [5, 5.41) is 8.79. The minimum atomic E-state index is -0.889. The summed E-state index contributed by atoms with van der Waals surface area (Å²) in [7, 11) is 1.60. The van der Waals surface area contributed by atoms with Crippen molar-refractivity contribution in [1.82, 2.24) is 4.90 Å². The third-order valence-electron chi connectivity index (χ3n) is 4.66. The van der Waals surface area contributed by atoms with Crippen molar-refractivity contribution < 1.29 is 24.2 Å². The van der Waals surface area contributed by atoms with Crippen LogP contribution in [0.2, 0.25) is 0 Å². The van der Waals surface area contributed by atoms with Crippen molar-refractivity contribution in [3.05, 3.63) is 64.1 Å². The minimum absolute atomic E-state index is 0.00106. The van der Waals surface area contributed by atoms with Gasteiger partial charge in [-0.3, -0.25) is 14.5 Å². The number of carbonyl (C=O) groups excluding carboxylic acids is 1. The number of aliphatic carboxylic acids is 1. The molecule has 1 heterocycles. The normalized spacial score (nSPS) is 14.9. The Balaban J connectivity index is 1.73. The van der Waals surface area contributed by atoms with Crippen LogP contribution in [0.5, 0.6) is 11.5 Å². The highest BCUT2D eigenvalue weighted by molar-refractivity contribution is 8.26. The summed E-state index contributed by atoms with van der Waals surface area (Å²) < 4.78 is 11.8. The van der Waals surface area contributed by atoms with Gasteiger partial charge in [0.1, 0.15) is 22.4 Å². The van der Waals surface area contributed by atoms with Crippen molar-refractivity contribution in [3.63, 3.8) is 0 Å². The van der Waals surface area contributed by atoms with Crippen LogP contribution in [0.1, 0.15) is 29.5 Å². The molecule has 0 aromatic heterocycles. The first-order chi connectivity index (χ1) is 14.9. The van der Waals surface area contributed by atoms with Gasteiger partial charge in [-0.1, -0.05) is 47.7 Å². The topological polar surface area (TPSA) is 76.1 Å². The summed E-state index contributed by atoms with van der Waals surface area (Å²) >= 11 is 6.52. The van der Waals surface area contributed by atoms with E-state index in [4.69, 9.17) is 26.8 Å². The van der Waals surface area contributed by atoms with Gasteiger partial charge in [0, 0.05) is 18.5 Å². The highest BCUT2D eigenvalue weighted by atomic mass is 32.2. The lowest BCUT2D eigenvalue weighted by molar-refractivity contribution is -0.137. The number of carboxylic acid groups (broad SMARTS) is 1. The number of aryl methyl sites for hydroxylation is 1. The predicted octanol–water partition coefficient (Wildman–Crippen LogP) is 4.65. The Hall–Kier alpha value is -2.84. The van der Waals surface area contributed by atoms with Crippen molar-refractivity contribution in [2.24, 2.45) is 0 Å². The summed E-state index contributed by atoms with van der Waals surface area (Å²) in [6.45, 7) is 2.64. The first kappa shape index (κ1) is 22.8. The van der Waals surface area contributed by atoms with E-state index in [2.05, 4.69) is 0 Å².